The Morgan fingerprint density at radius 2 is 2.37 bits per heavy atom. The molecule has 1 aliphatic carbocycles. The number of nitrogens with one attached hydrogen (secondary N) is 1. The first kappa shape index (κ1) is 12.4. The summed E-state index contributed by atoms with van der Waals surface area (Å²) >= 11 is 0. The second kappa shape index (κ2) is 4.80. The van der Waals surface area contributed by atoms with Crippen molar-refractivity contribution in [1.29, 1.82) is 0 Å². The van der Waals surface area contributed by atoms with Gasteiger partial charge in [0, 0.05) is 0 Å². The molecule has 1 unspecified atom stereocenters. The molecule has 3 rings (SSSR count). The second-order valence-corrected chi connectivity index (χ2v) is 4.88. The Kier molecular flexibility index (Phi) is 3.14. The average Bonchev–Trinajstić information content (AvgIpc) is 3.03. The molecule has 1 aromatic carbocycles. The fourth-order valence-corrected chi connectivity index (χ4v) is 3.03. The predicted octanol–water partition coefficient (Wildman–Crippen LogP) is 1.06. The van der Waals surface area contributed by atoms with Crippen LogP contribution in [0.25, 0.3) is 0 Å². The lowest BCUT2D eigenvalue weighted by Crippen LogP contribution is -2.28. The fraction of sp³-hybridized carbons (Fsp3) is 0.462. The maximum absolute atomic E-state index is 11.7. The summed E-state index contributed by atoms with van der Waals surface area (Å²) in [5.41, 5.74) is 11.0. The molecule has 19 heavy (non-hydrogen) atoms. The SMILES string of the molecule is NC(NO)c1cccc2c1CC[C@@H]2N1CCOC1=O. The van der Waals surface area contributed by atoms with Gasteiger partial charge in [-0.1, -0.05) is 18.2 Å². The Morgan fingerprint density at radius 1 is 1.53 bits per heavy atom. The molecule has 0 saturated carbocycles. The number of hydrogen-bond acceptors (Lipinski definition) is 5. The van der Waals surface area contributed by atoms with E-state index in [4.69, 9.17) is 15.7 Å². The molecule has 0 aromatic heterocycles. The molecule has 2 atom stereocenters. The van der Waals surface area contributed by atoms with E-state index in [0.717, 1.165) is 29.5 Å². The molecule has 1 amide bonds. The normalized spacial score (nSPS) is 23.4. The topological polar surface area (TPSA) is 87.8 Å². The minimum atomic E-state index is -0.598. The molecule has 1 fully saturated rings. The van der Waals surface area contributed by atoms with E-state index in [2.05, 4.69) is 5.48 Å². The molecule has 0 radical (unpaired) electrons. The quantitative estimate of drug-likeness (QED) is 0.560. The standard InChI is InChI=1S/C13H17N3O3/c14-12(15-18)10-3-1-2-9-8(10)4-5-11(9)16-6-7-19-13(16)17/h1-3,11-12,15,18H,4-7,14H2/t11-,12?/m0/s1. The van der Waals surface area contributed by atoms with Crippen molar-refractivity contribution < 1.29 is 14.7 Å². The Morgan fingerprint density at radius 3 is 3.05 bits per heavy atom. The van der Waals surface area contributed by atoms with E-state index in [9.17, 15) is 4.79 Å². The lowest BCUT2D eigenvalue weighted by Gasteiger charge is -2.22. The van der Waals surface area contributed by atoms with Gasteiger partial charge in [0.1, 0.15) is 12.8 Å². The molecular weight excluding hydrogens is 246 g/mol. The lowest BCUT2D eigenvalue weighted by atomic mass is 10.0. The lowest BCUT2D eigenvalue weighted by molar-refractivity contribution is 0.128. The van der Waals surface area contributed by atoms with Crippen LogP contribution in [-0.2, 0) is 11.2 Å². The van der Waals surface area contributed by atoms with Crippen molar-refractivity contribution in [2.45, 2.75) is 25.0 Å². The van der Waals surface area contributed by atoms with Gasteiger partial charge in [0.05, 0.1) is 12.6 Å². The maximum Gasteiger partial charge on any atom is 0.410 e. The van der Waals surface area contributed by atoms with Gasteiger partial charge < -0.3 is 15.7 Å². The van der Waals surface area contributed by atoms with Gasteiger partial charge in [-0.3, -0.25) is 4.90 Å². The first-order chi connectivity index (χ1) is 9.22. The first-order valence-electron chi connectivity index (χ1n) is 6.42. The number of carbonyl (C=O) groups is 1. The van der Waals surface area contributed by atoms with E-state index in [1.165, 1.54) is 0 Å². The summed E-state index contributed by atoms with van der Waals surface area (Å²) in [7, 11) is 0. The zero-order valence-corrected chi connectivity index (χ0v) is 10.5. The molecule has 6 nitrogen and oxygen atoms in total. The number of fused-ring (bicyclic) bond motifs is 1. The van der Waals surface area contributed by atoms with Gasteiger partial charge in [-0.15, -0.1) is 0 Å². The first-order valence-corrected chi connectivity index (χ1v) is 6.42. The number of nitrogens with zero attached hydrogens (tertiary/aromatic N) is 1. The second-order valence-electron chi connectivity index (χ2n) is 4.88. The highest BCUT2D eigenvalue weighted by Gasteiger charge is 2.36. The molecule has 2 aliphatic rings. The Labute approximate surface area is 111 Å². The third-order valence-corrected chi connectivity index (χ3v) is 3.92. The number of ether oxygens (including phenoxy) is 1. The van der Waals surface area contributed by atoms with E-state index in [-0.39, 0.29) is 12.1 Å². The maximum atomic E-state index is 11.7. The fourth-order valence-electron chi connectivity index (χ4n) is 3.03. The molecule has 0 spiro atoms. The zero-order chi connectivity index (χ0) is 13.4. The van der Waals surface area contributed by atoms with E-state index < -0.39 is 6.17 Å². The van der Waals surface area contributed by atoms with Crippen LogP contribution in [0.3, 0.4) is 0 Å². The largest absolute Gasteiger partial charge is 0.448 e. The number of amides is 1. The van der Waals surface area contributed by atoms with Crippen molar-refractivity contribution >= 4 is 6.09 Å². The van der Waals surface area contributed by atoms with E-state index in [0.29, 0.717) is 13.2 Å². The zero-order valence-electron chi connectivity index (χ0n) is 10.5. The van der Waals surface area contributed by atoms with Crippen LogP contribution in [0.5, 0.6) is 0 Å². The van der Waals surface area contributed by atoms with Crippen LogP contribution in [-0.4, -0.2) is 29.4 Å². The molecule has 102 valence electrons. The number of cyclic esters (lactones) is 1. The van der Waals surface area contributed by atoms with Crippen LogP contribution < -0.4 is 11.2 Å². The molecule has 0 bridgehead atoms. The molecule has 1 aromatic rings. The van der Waals surface area contributed by atoms with Crippen molar-refractivity contribution in [2.24, 2.45) is 5.73 Å². The van der Waals surface area contributed by atoms with E-state index >= 15 is 0 Å². The van der Waals surface area contributed by atoms with Crippen molar-refractivity contribution in [3.8, 4) is 0 Å². The Balaban J connectivity index is 1.95. The summed E-state index contributed by atoms with van der Waals surface area (Å²) in [5.74, 6) is 0. The number of carbonyl (C=O) groups excluding carboxylic acids is 1. The van der Waals surface area contributed by atoms with Gasteiger partial charge in [-0.05, 0) is 29.5 Å². The molecule has 1 heterocycles. The molecule has 4 N–H and O–H groups in total. The Bertz CT molecular complexity index is 506. The van der Waals surface area contributed by atoms with E-state index in [1.807, 2.05) is 18.2 Å². The van der Waals surface area contributed by atoms with Gasteiger partial charge >= 0.3 is 6.09 Å². The minimum Gasteiger partial charge on any atom is -0.448 e. The van der Waals surface area contributed by atoms with Crippen LogP contribution in [0, 0.1) is 0 Å². The third kappa shape index (κ3) is 1.98. The van der Waals surface area contributed by atoms with Crippen LogP contribution in [0.15, 0.2) is 18.2 Å². The number of nitrogens with two attached hydrogens (primary N) is 1. The summed E-state index contributed by atoms with van der Waals surface area (Å²) in [4.78, 5) is 13.4. The van der Waals surface area contributed by atoms with Gasteiger partial charge in [-0.25, -0.2) is 4.79 Å². The minimum absolute atomic E-state index is 0.0656. The predicted molar refractivity (Wildman–Crippen MR) is 67.4 cm³/mol. The van der Waals surface area contributed by atoms with Crippen LogP contribution in [0.2, 0.25) is 0 Å². The van der Waals surface area contributed by atoms with Crippen molar-refractivity contribution in [3.63, 3.8) is 0 Å². The van der Waals surface area contributed by atoms with Crippen molar-refractivity contribution in [1.82, 2.24) is 10.4 Å². The van der Waals surface area contributed by atoms with Crippen LogP contribution >= 0.6 is 0 Å². The summed E-state index contributed by atoms with van der Waals surface area (Å²) in [6, 6.07) is 5.89. The molecular formula is C13H17N3O3. The molecule has 1 saturated heterocycles. The van der Waals surface area contributed by atoms with Gasteiger partial charge in [0.25, 0.3) is 0 Å². The Hall–Kier alpha value is -1.63. The number of hydroxylamine groups is 1. The summed E-state index contributed by atoms with van der Waals surface area (Å²) in [5, 5.41) is 8.98. The van der Waals surface area contributed by atoms with Gasteiger partial charge in [0.15, 0.2) is 0 Å². The smallest absolute Gasteiger partial charge is 0.410 e. The summed E-state index contributed by atoms with van der Waals surface area (Å²) in [6.45, 7) is 1.10. The van der Waals surface area contributed by atoms with Crippen molar-refractivity contribution in [2.75, 3.05) is 13.2 Å². The number of benzene rings is 1. The number of rotatable bonds is 3. The van der Waals surface area contributed by atoms with Crippen LogP contribution in [0.1, 0.15) is 35.3 Å². The molecule has 6 heteroatoms. The third-order valence-electron chi connectivity index (χ3n) is 3.92. The highest BCUT2D eigenvalue weighted by atomic mass is 16.6. The van der Waals surface area contributed by atoms with Gasteiger partial charge in [-0.2, -0.15) is 5.48 Å². The highest BCUT2D eigenvalue weighted by Crippen LogP contribution is 2.39. The highest BCUT2D eigenvalue weighted by molar-refractivity contribution is 5.70. The van der Waals surface area contributed by atoms with Crippen LogP contribution in [0.4, 0.5) is 4.79 Å². The average molecular weight is 263 g/mol. The van der Waals surface area contributed by atoms with E-state index in [1.54, 1.807) is 4.90 Å². The molecule has 1 aliphatic heterocycles. The summed E-state index contributed by atoms with van der Waals surface area (Å²) < 4.78 is 5.00. The number of hydrogen-bond donors (Lipinski definition) is 3. The summed E-state index contributed by atoms with van der Waals surface area (Å²) in [6.07, 6.45) is 0.890. The van der Waals surface area contributed by atoms with Crippen molar-refractivity contribution in [3.05, 3.63) is 34.9 Å². The monoisotopic (exact) mass is 263 g/mol. The van der Waals surface area contributed by atoms with Gasteiger partial charge in [0.2, 0.25) is 0 Å².